The second-order valence-electron chi connectivity index (χ2n) is 2.24. The number of alkyl halides is 3. The van der Waals surface area contributed by atoms with Gasteiger partial charge < -0.3 is 4.98 Å². The molecule has 0 radical (unpaired) electrons. The Labute approximate surface area is 83.7 Å². The number of aromatic nitrogens is 2. The normalized spacial score (nSPS) is 11.7. The van der Waals surface area contributed by atoms with Crippen LogP contribution in [-0.2, 0) is 3.79 Å². The lowest BCUT2D eigenvalue weighted by atomic mass is 10.3. The smallest absolute Gasteiger partial charge is 0.305 e. The molecule has 0 unspecified atom stereocenters. The molecule has 1 N–H and O–H groups in total. The molecule has 0 saturated heterocycles. The van der Waals surface area contributed by atoms with E-state index < -0.39 is 9.48 Å². The van der Waals surface area contributed by atoms with Crippen LogP contribution in [0.2, 0.25) is 0 Å². The molecular weight excluding hydrogens is 222 g/mol. The fourth-order valence-corrected chi connectivity index (χ4v) is 1.34. The van der Waals surface area contributed by atoms with Crippen molar-refractivity contribution in [3.63, 3.8) is 0 Å². The minimum Gasteiger partial charge on any atom is -0.305 e. The van der Waals surface area contributed by atoms with Gasteiger partial charge in [-0.1, -0.05) is 34.8 Å². The van der Waals surface area contributed by atoms with E-state index in [1.807, 2.05) is 0 Å². The van der Waals surface area contributed by atoms with Gasteiger partial charge in [0.15, 0.2) is 0 Å². The van der Waals surface area contributed by atoms with Gasteiger partial charge in [-0.05, 0) is 12.5 Å². The van der Waals surface area contributed by atoms with Crippen molar-refractivity contribution in [3.05, 3.63) is 27.9 Å². The fourth-order valence-electron chi connectivity index (χ4n) is 0.752. The molecule has 1 aromatic heterocycles. The van der Waals surface area contributed by atoms with Gasteiger partial charge in [0.1, 0.15) is 0 Å². The predicted molar refractivity (Wildman–Crippen MR) is 48.8 cm³/mol. The van der Waals surface area contributed by atoms with Crippen LogP contribution in [0.25, 0.3) is 0 Å². The quantitative estimate of drug-likeness (QED) is 0.688. The Bertz CT molecular complexity index is 341. The Morgan fingerprint density at radius 1 is 1.50 bits per heavy atom. The molecular formula is C6H5Cl3N2O. The maximum absolute atomic E-state index is 10.7. The molecule has 0 saturated carbocycles. The number of hydrogen-bond donors (Lipinski definition) is 1. The molecule has 3 nitrogen and oxygen atoms in total. The number of aromatic amines is 1. The van der Waals surface area contributed by atoms with E-state index in [0.29, 0.717) is 5.56 Å². The Hall–Kier alpha value is -0.250. The van der Waals surface area contributed by atoms with Crippen molar-refractivity contribution in [3.8, 4) is 0 Å². The van der Waals surface area contributed by atoms with Gasteiger partial charge in [-0.2, -0.15) is 0 Å². The molecule has 1 rings (SSSR count). The van der Waals surface area contributed by atoms with Crippen LogP contribution in [0.5, 0.6) is 0 Å². The second kappa shape index (κ2) is 3.24. The van der Waals surface area contributed by atoms with Crippen molar-refractivity contribution in [2.24, 2.45) is 0 Å². The summed E-state index contributed by atoms with van der Waals surface area (Å²) in [4.78, 5) is 16.6. The molecule has 0 spiro atoms. The standard InChI is InChI=1S/C6H5Cl3N2O/c1-3-2-10-5(12)11-4(3)6(7,8)9/h2H,1H3,(H,10,11,12). The molecule has 6 heteroatoms. The first-order valence-corrected chi connectivity index (χ1v) is 4.18. The first-order chi connectivity index (χ1) is 5.41. The van der Waals surface area contributed by atoms with Crippen molar-refractivity contribution in [2.75, 3.05) is 0 Å². The van der Waals surface area contributed by atoms with Gasteiger partial charge in [0.2, 0.25) is 3.79 Å². The van der Waals surface area contributed by atoms with Crippen LogP contribution in [-0.4, -0.2) is 9.97 Å². The highest BCUT2D eigenvalue weighted by Crippen LogP contribution is 2.37. The van der Waals surface area contributed by atoms with Crippen LogP contribution in [0, 0.1) is 6.92 Å². The summed E-state index contributed by atoms with van der Waals surface area (Å²) in [5.41, 5.74) is 0.365. The van der Waals surface area contributed by atoms with E-state index in [-0.39, 0.29) is 5.69 Å². The van der Waals surface area contributed by atoms with Gasteiger partial charge in [-0.15, -0.1) is 0 Å². The Morgan fingerprint density at radius 3 is 2.50 bits per heavy atom. The number of nitrogens with one attached hydrogen (secondary N) is 1. The van der Waals surface area contributed by atoms with Gasteiger partial charge in [0.05, 0.1) is 5.69 Å². The van der Waals surface area contributed by atoms with Crippen molar-refractivity contribution < 1.29 is 0 Å². The van der Waals surface area contributed by atoms with Crippen molar-refractivity contribution in [1.29, 1.82) is 0 Å². The Morgan fingerprint density at radius 2 is 2.08 bits per heavy atom. The molecule has 0 fully saturated rings. The lowest BCUT2D eigenvalue weighted by Gasteiger charge is -2.12. The van der Waals surface area contributed by atoms with Crippen LogP contribution in [0.4, 0.5) is 0 Å². The average Bonchev–Trinajstić information content (AvgIpc) is 1.92. The summed E-state index contributed by atoms with van der Waals surface area (Å²) >= 11 is 16.7. The molecule has 66 valence electrons. The zero-order valence-electron chi connectivity index (χ0n) is 6.07. The molecule has 1 heterocycles. The van der Waals surface area contributed by atoms with Crippen LogP contribution in [0.1, 0.15) is 11.3 Å². The summed E-state index contributed by atoms with van der Waals surface area (Å²) in [6.45, 7) is 1.69. The SMILES string of the molecule is Cc1cnc(=O)[nH]c1C(Cl)(Cl)Cl. The van der Waals surface area contributed by atoms with Crippen LogP contribution in [0.15, 0.2) is 11.0 Å². The summed E-state index contributed by atoms with van der Waals surface area (Å²) in [5, 5.41) is 0. The number of rotatable bonds is 0. The van der Waals surface area contributed by atoms with E-state index in [9.17, 15) is 4.79 Å². The van der Waals surface area contributed by atoms with E-state index in [2.05, 4.69) is 9.97 Å². The summed E-state index contributed by atoms with van der Waals surface area (Å²) in [6, 6.07) is 0. The first-order valence-electron chi connectivity index (χ1n) is 3.04. The zero-order valence-corrected chi connectivity index (χ0v) is 8.33. The Kier molecular flexibility index (Phi) is 2.66. The molecule has 0 bridgehead atoms. The molecule has 12 heavy (non-hydrogen) atoms. The molecule has 1 aromatic rings. The number of aryl methyl sites for hydroxylation is 1. The van der Waals surface area contributed by atoms with Crippen LogP contribution >= 0.6 is 34.8 Å². The van der Waals surface area contributed by atoms with Crippen molar-refractivity contribution in [1.82, 2.24) is 9.97 Å². The van der Waals surface area contributed by atoms with Crippen molar-refractivity contribution >= 4 is 34.8 Å². The molecule has 0 atom stereocenters. The predicted octanol–water partition coefficient (Wildman–Crippen LogP) is 1.91. The highest BCUT2D eigenvalue weighted by Gasteiger charge is 2.26. The molecule has 0 amide bonds. The van der Waals surface area contributed by atoms with E-state index in [4.69, 9.17) is 34.8 Å². The summed E-state index contributed by atoms with van der Waals surface area (Å²) in [7, 11) is 0. The molecule has 0 aromatic carbocycles. The summed E-state index contributed by atoms with van der Waals surface area (Å²) < 4.78 is -1.60. The monoisotopic (exact) mass is 226 g/mol. The minimum absolute atomic E-state index is 0.257. The van der Waals surface area contributed by atoms with Gasteiger partial charge >= 0.3 is 5.69 Å². The van der Waals surface area contributed by atoms with Gasteiger partial charge in [0, 0.05) is 6.20 Å². The second-order valence-corrected chi connectivity index (χ2v) is 4.53. The highest BCUT2D eigenvalue weighted by atomic mass is 35.6. The minimum atomic E-state index is -1.60. The fraction of sp³-hybridized carbons (Fsp3) is 0.333. The number of H-pyrrole nitrogens is 1. The third kappa shape index (κ3) is 2.12. The van der Waals surface area contributed by atoms with Gasteiger partial charge in [-0.25, -0.2) is 9.78 Å². The summed E-state index contributed by atoms with van der Waals surface area (Å²) in [5.74, 6) is 0. The summed E-state index contributed by atoms with van der Waals surface area (Å²) in [6.07, 6.45) is 1.36. The van der Waals surface area contributed by atoms with Gasteiger partial charge in [-0.3, -0.25) is 0 Å². The maximum atomic E-state index is 10.7. The van der Waals surface area contributed by atoms with Crippen molar-refractivity contribution in [2.45, 2.75) is 10.7 Å². The van der Waals surface area contributed by atoms with E-state index in [0.717, 1.165) is 0 Å². The Balaban J connectivity index is 3.33. The average molecular weight is 227 g/mol. The zero-order chi connectivity index (χ0) is 9.35. The largest absolute Gasteiger partial charge is 0.345 e. The lowest BCUT2D eigenvalue weighted by molar-refractivity contribution is 0.951. The molecule has 0 aliphatic rings. The third-order valence-corrected chi connectivity index (χ3v) is 1.85. The lowest BCUT2D eigenvalue weighted by Crippen LogP contribution is -2.18. The molecule has 0 aliphatic carbocycles. The maximum Gasteiger partial charge on any atom is 0.345 e. The number of nitrogens with zero attached hydrogens (tertiary/aromatic N) is 1. The number of halogens is 3. The van der Waals surface area contributed by atoms with Gasteiger partial charge in [0.25, 0.3) is 0 Å². The van der Waals surface area contributed by atoms with Crippen LogP contribution in [0.3, 0.4) is 0 Å². The third-order valence-electron chi connectivity index (χ3n) is 1.29. The number of hydrogen-bond acceptors (Lipinski definition) is 2. The first kappa shape index (κ1) is 9.84. The van der Waals surface area contributed by atoms with E-state index in [1.165, 1.54) is 6.20 Å². The molecule has 0 aliphatic heterocycles. The highest BCUT2D eigenvalue weighted by molar-refractivity contribution is 6.66. The topological polar surface area (TPSA) is 45.8 Å². The van der Waals surface area contributed by atoms with E-state index >= 15 is 0 Å². The van der Waals surface area contributed by atoms with Crippen LogP contribution < -0.4 is 5.69 Å². The van der Waals surface area contributed by atoms with E-state index in [1.54, 1.807) is 6.92 Å².